The Morgan fingerprint density at radius 3 is 2.36 bits per heavy atom. The van der Waals surface area contributed by atoms with Crippen molar-refractivity contribution >= 4 is 6.03 Å². The average molecular weight is 155 g/mol. The second-order valence-electron chi connectivity index (χ2n) is 3.42. The van der Waals surface area contributed by atoms with Gasteiger partial charge in [0.1, 0.15) is 0 Å². The molecule has 4 heteroatoms. The summed E-state index contributed by atoms with van der Waals surface area (Å²) in [6, 6.07) is -0.264. The number of nitrogens with two attached hydrogens (primary N) is 1. The Morgan fingerprint density at radius 2 is 1.91 bits per heavy atom. The van der Waals surface area contributed by atoms with Crippen LogP contribution in [-0.2, 0) is 0 Å². The highest BCUT2D eigenvalue weighted by Gasteiger charge is 2.37. The van der Waals surface area contributed by atoms with Crippen LogP contribution >= 0.6 is 0 Å². The van der Waals surface area contributed by atoms with Gasteiger partial charge >= 0.3 is 6.03 Å². The molecule has 2 amide bonds. The van der Waals surface area contributed by atoms with E-state index in [-0.39, 0.29) is 6.03 Å². The van der Waals surface area contributed by atoms with Crippen molar-refractivity contribution in [3.8, 4) is 0 Å². The van der Waals surface area contributed by atoms with E-state index >= 15 is 0 Å². The summed E-state index contributed by atoms with van der Waals surface area (Å²) in [6.45, 7) is 3.81. The standard InChI is InChI=1S/C7H13N3O/c8-7(11)10-3-5-1-9-2-6(5)4-10/h5-6,9H,1-4H2,(H2,8,11)/t5-,6+. The molecule has 0 aromatic carbocycles. The highest BCUT2D eigenvalue weighted by Crippen LogP contribution is 2.25. The molecule has 0 radical (unpaired) electrons. The molecule has 2 fully saturated rings. The van der Waals surface area contributed by atoms with E-state index in [0.29, 0.717) is 11.8 Å². The first-order chi connectivity index (χ1) is 5.27. The molecule has 4 nitrogen and oxygen atoms in total. The number of urea groups is 1. The molecule has 11 heavy (non-hydrogen) atoms. The summed E-state index contributed by atoms with van der Waals surface area (Å²) in [7, 11) is 0. The zero-order chi connectivity index (χ0) is 7.84. The highest BCUT2D eigenvalue weighted by atomic mass is 16.2. The lowest BCUT2D eigenvalue weighted by Crippen LogP contribution is -2.35. The van der Waals surface area contributed by atoms with Gasteiger partial charge in [-0.3, -0.25) is 0 Å². The zero-order valence-electron chi connectivity index (χ0n) is 6.42. The fourth-order valence-corrected chi connectivity index (χ4v) is 2.04. The Hall–Kier alpha value is -0.770. The van der Waals surface area contributed by atoms with Crippen LogP contribution in [0.25, 0.3) is 0 Å². The zero-order valence-corrected chi connectivity index (χ0v) is 6.42. The third-order valence-corrected chi connectivity index (χ3v) is 2.70. The van der Waals surface area contributed by atoms with Crippen molar-refractivity contribution in [2.45, 2.75) is 0 Å². The number of carbonyl (C=O) groups is 1. The second-order valence-corrected chi connectivity index (χ2v) is 3.42. The molecule has 2 aliphatic heterocycles. The highest BCUT2D eigenvalue weighted by molar-refractivity contribution is 5.72. The van der Waals surface area contributed by atoms with Crippen LogP contribution in [0.5, 0.6) is 0 Å². The number of fused-ring (bicyclic) bond motifs is 1. The van der Waals surface area contributed by atoms with Gasteiger partial charge in [-0.1, -0.05) is 0 Å². The Kier molecular flexibility index (Phi) is 1.49. The minimum Gasteiger partial charge on any atom is -0.351 e. The molecule has 0 unspecified atom stereocenters. The number of nitrogens with one attached hydrogen (secondary N) is 1. The molecular weight excluding hydrogens is 142 g/mol. The van der Waals surface area contributed by atoms with Crippen molar-refractivity contribution < 1.29 is 4.79 Å². The van der Waals surface area contributed by atoms with Gasteiger partial charge in [-0.05, 0) is 11.8 Å². The lowest BCUT2D eigenvalue weighted by molar-refractivity contribution is 0.215. The number of carbonyl (C=O) groups excluding carboxylic acids is 1. The molecule has 2 aliphatic rings. The van der Waals surface area contributed by atoms with E-state index in [1.165, 1.54) is 0 Å². The van der Waals surface area contributed by atoms with Crippen LogP contribution in [0.2, 0.25) is 0 Å². The van der Waals surface area contributed by atoms with Crippen LogP contribution in [0.3, 0.4) is 0 Å². The fraction of sp³-hybridized carbons (Fsp3) is 0.857. The van der Waals surface area contributed by atoms with Gasteiger partial charge in [-0.15, -0.1) is 0 Å². The third kappa shape index (κ3) is 1.07. The van der Waals surface area contributed by atoms with Gasteiger partial charge in [0.25, 0.3) is 0 Å². The largest absolute Gasteiger partial charge is 0.351 e. The number of amides is 2. The van der Waals surface area contributed by atoms with Gasteiger partial charge < -0.3 is 16.0 Å². The summed E-state index contributed by atoms with van der Waals surface area (Å²) in [5.41, 5.74) is 5.17. The van der Waals surface area contributed by atoms with E-state index in [1.54, 1.807) is 4.90 Å². The summed E-state index contributed by atoms with van der Waals surface area (Å²) < 4.78 is 0. The number of nitrogens with zero attached hydrogens (tertiary/aromatic N) is 1. The van der Waals surface area contributed by atoms with E-state index < -0.39 is 0 Å². The van der Waals surface area contributed by atoms with Crippen molar-refractivity contribution in [1.82, 2.24) is 10.2 Å². The molecule has 0 bridgehead atoms. The molecule has 2 saturated heterocycles. The van der Waals surface area contributed by atoms with E-state index in [9.17, 15) is 4.79 Å². The first-order valence-corrected chi connectivity index (χ1v) is 4.02. The SMILES string of the molecule is NC(=O)N1C[C@H]2CNC[C@H]2C1. The topological polar surface area (TPSA) is 58.4 Å². The van der Waals surface area contributed by atoms with E-state index in [1.807, 2.05) is 0 Å². The number of hydrogen-bond donors (Lipinski definition) is 2. The Labute approximate surface area is 65.7 Å². The lowest BCUT2D eigenvalue weighted by Gasteiger charge is -2.13. The minimum atomic E-state index is -0.264. The normalized spacial score (nSPS) is 35.8. The number of primary amides is 1. The van der Waals surface area contributed by atoms with Crippen molar-refractivity contribution in [3.63, 3.8) is 0 Å². The predicted octanol–water partition coefficient (Wildman–Crippen LogP) is -0.784. The van der Waals surface area contributed by atoms with E-state index in [2.05, 4.69) is 5.32 Å². The summed E-state index contributed by atoms with van der Waals surface area (Å²) in [6.07, 6.45) is 0. The molecular formula is C7H13N3O. The van der Waals surface area contributed by atoms with E-state index in [0.717, 1.165) is 26.2 Å². The summed E-state index contributed by atoms with van der Waals surface area (Å²) in [4.78, 5) is 12.5. The Morgan fingerprint density at radius 1 is 1.36 bits per heavy atom. The maximum Gasteiger partial charge on any atom is 0.314 e. The summed E-state index contributed by atoms with van der Waals surface area (Å²) >= 11 is 0. The van der Waals surface area contributed by atoms with E-state index in [4.69, 9.17) is 5.73 Å². The molecule has 0 spiro atoms. The molecule has 2 heterocycles. The lowest BCUT2D eigenvalue weighted by atomic mass is 10.0. The third-order valence-electron chi connectivity index (χ3n) is 2.70. The molecule has 2 atom stereocenters. The maximum absolute atomic E-state index is 10.8. The molecule has 3 N–H and O–H groups in total. The molecule has 0 aromatic rings. The molecule has 0 aromatic heterocycles. The van der Waals surface area contributed by atoms with Gasteiger partial charge in [0.15, 0.2) is 0 Å². The van der Waals surface area contributed by atoms with Crippen LogP contribution in [-0.4, -0.2) is 37.1 Å². The van der Waals surface area contributed by atoms with Gasteiger partial charge in [0.05, 0.1) is 0 Å². The summed E-state index contributed by atoms with van der Waals surface area (Å²) in [5, 5.41) is 3.30. The summed E-state index contributed by atoms with van der Waals surface area (Å²) in [5.74, 6) is 1.31. The van der Waals surface area contributed by atoms with Crippen molar-refractivity contribution in [3.05, 3.63) is 0 Å². The first-order valence-electron chi connectivity index (χ1n) is 4.02. The van der Waals surface area contributed by atoms with Crippen LogP contribution in [0.15, 0.2) is 0 Å². The van der Waals surface area contributed by atoms with Gasteiger partial charge in [-0.25, -0.2) is 4.79 Å². The molecule has 0 saturated carbocycles. The second kappa shape index (κ2) is 2.37. The van der Waals surface area contributed by atoms with Crippen molar-refractivity contribution in [2.24, 2.45) is 17.6 Å². The van der Waals surface area contributed by atoms with Crippen LogP contribution in [0.4, 0.5) is 4.79 Å². The number of rotatable bonds is 0. The predicted molar refractivity (Wildman–Crippen MR) is 41.0 cm³/mol. The maximum atomic E-state index is 10.8. The molecule has 2 rings (SSSR count). The first kappa shape index (κ1) is 6.91. The number of likely N-dealkylation sites (tertiary alicyclic amines) is 1. The fourth-order valence-electron chi connectivity index (χ4n) is 2.04. The van der Waals surface area contributed by atoms with Crippen molar-refractivity contribution in [2.75, 3.05) is 26.2 Å². The van der Waals surface area contributed by atoms with Crippen molar-refractivity contribution in [1.29, 1.82) is 0 Å². The average Bonchev–Trinajstić information content (AvgIpc) is 2.40. The van der Waals surface area contributed by atoms with Gasteiger partial charge in [0.2, 0.25) is 0 Å². The van der Waals surface area contributed by atoms with Gasteiger partial charge in [0, 0.05) is 26.2 Å². The number of hydrogen-bond acceptors (Lipinski definition) is 2. The van der Waals surface area contributed by atoms with Crippen LogP contribution in [0, 0.1) is 11.8 Å². The Bertz CT molecular complexity index is 171. The van der Waals surface area contributed by atoms with Crippen LogP contribution in [0.1, 0.15) is 0 Å². The van der Waals surface area contributed by atoms with Crippen LogP contribution < -0.4 is 11.1 Å². The molecule has 0 aliphatic carbocycles. The monoisotopic (exact) mass is 155 g/mol. The Balaban J connectivity index is 1.99. The molecule has 62 valence electrons. The minimum absolute atomic E-state index is 0.264. The van der Waals surface area contributed by atoms with Gasteiger partial charge in [-0.2, -0.15) is 0 Å². The quantitative estimate of drug-likeness (QED) is 0.482. The smallest absolute Gasteiger partial charge is 0.314 e.